The second-order valence-corrected chi connectivity index (χ2v) is 11.9. The minimum atomic E-state index is -3.90. The summed E-state index contributed by atoms with van der Waals surface area (Å²) in [7, 11) is -2.77. The summed E-state index contributed by atoms with van der Waals surface area (Å²) in [5.41, 5.74) is 1.24. The first-order chi connectivity index (χ1) is 13.9. The summed E-state index contributed by atoms with van der Waals surface area (Å²) < 4.78 is 59.2. The second-order valence-electron chi connectivity index (χ2n) is 8.04. The van der Waals surface area contributed by atoms with Gasteiger partial charge in [0, 0.05) is 33.1 Å². The van der Waals surface area contributed by atoms with Crippen LogP contribution in [-0.4, -0.2) is 62.0 Å². The highest BCUT2D eigenvalue weighted by Gasteiger charge is 2.35. The van der Waals surface area contributed by atoms with Crippen molar-refractivity contribution in [3.63, 3.8) is 0 Å². The number of sulfonamides is 2. The zero-order chi connectivity index (χ0) is 22.2. The van der Waals surface area contributed by atoms with Crippen LogP contribution in [0.15, 0.2) is 58.3 Å². The molecule has 0 aliphatic carbocycles. The number of rotatable bonds is 8. The molecule has 2 aromatic carbocycles. The van der Waals surface area contributed by atoms with Gasteiger partial charge in [0.2, 0.25) is 10.0 Å². The molecule has 0 aromatic heterocycles. The Labute approximate surface area is 178 Å². The molecule has 0 radical (unpaired) electrons. The quantitative estimate of drug-likeness (QED) is 0.658. The Morgan fingerprint density at radius 1 is 0.933 bits per heavy atom. The van der Waals surface area contributed by atoms with Crippen molar-refractivity contribution in [2.75, 3.05) is 50.5 Å². The van der Waals surface area contributed by atoms with Crippen LogP contribution in [0.25, 0.3) is 0 Å². The standard InChI is InChI=1S/C20H27N3O5S2/c1-20(14-28-15-20)13-23(4)19-8-6-5-7-18(19)21-29(24,25)16-9-11-17(12-10-16)30(26,27)22(2)3/h5-12,21H,13-15H2,1-4H3. The van der Waals surface area contributed by atoms with Crippen LogP contribution < -0.4 is 9.62 Å². The third kappa shape index (κ3) is 4.61. The van der Waals surface area contributed by atoms with Crippen molar-refractivity contribution in [1.29, 1.82) is 0 Å². The zero-order valence-electron chi connectivity index (χ0n) is 17.5. The molecule has 1 heterocycles. The Hall–Kier alpha value is -2.14. The van der Waals surface area contributed by atoms with Gasteiger partial charge in [-0.25, -0.2) is 21.1 Å². The van der Waals surface area contributed by atoms with Gasteiger partial charge in [0.1, 0.15) is 0 Å². The fourth-order valence-electron chi connectivity index (χ4n) is 3.30. The van der Waals surface area contributed by atoms with E-state index in [0.29, 0.717) is 18.9 Å². The summed E-state index contributed by atoms with van der Waals surface area (Å²) >= 11 is 0. The molecule has 10 heteroatoms. The summed E-state index contributed by atoms with van der Waals surface area (Å²) in [5.74, 6) is 0. The zero-order valence-corrected chi connectivity index (χ0v) is 19.1. The molecular weight excluding hydrogens is 426 g/mol. The maximum Gasteiger partial charge on any atom is 0.261 e. The van der Waals surface area contributed by atoms with Crippen molar-refractivity contribution in [2.24, 2.45) is 5.41 Å². The highest BCUT2D eigenvalue weighted by molar-refractivity contribution is 7.92. The van der Waals surface area contributed by atoms with Gasteiger partial charge in [-0.15, -0.1) is 0 Å². The van der Waals surface area contributed by atoms with Gasteiger partial charge in [-0.3, -0.25) is 4.72 Å². The van der Waals surface area contributed by atoms with Gasteiger partial charge in [-0.2, -0.15) is 0 Å². The molecule has 0 unspecified atom stereocenters. The predicted molar refractivity (Wildman–Crippen MR) is 117 cm³/mol. The minimum Gasteiger partial charge on any atom is -0.380 e. The Morgan fingerprint density at radius 3 is 2.03 bits per heavy atom. The van der Waals surface area contributed by atoms with Crippen LogP contribution >= 0.6 is 0 Å². The van der Waals surface area contributed by atoms with Gasteiger partial charge in [-0.05, 0) is 36.4 Å². The molecule has 0 bridgehead atoms. The van der Waals surface area contributed by atoms with Crippen molar-refractivity contribution in [3.8, 4) is 0 Å². The second kappa shape index (κ2) is 8.18. The molecule has 1 aliphatic rings. The van der Waals surface area contributed by atoms with Gasteiger partial charge < -0.3 is 9.64 Å². The monoisotopic (exact) mass is 453 g/mol. The molecule has 0 atom stereocenters. The number of nitrogens with zero attached hydrogens (tertiary/aromatic N) is 2. The number of hydrogen-bond acceptors (Lipinski definition) is 6. The van der Waals surface area contributed by atoms with E-state index >= 15 is 0 Å². The van der Waals surface area contributed by atoms with Crippen LogP contribution in [0.4, 0.5) is 11.4 Å². The average Bonchev–Trinajstić information content (AvgIpc) is 2.66. The van der Waals surface area contributed by atoms with Crippen molar-refractivity contribution >= 4 is 31.4 Å². The van der Waals surface area contributed by atoms with E-state index in [4.69, 9.17) is 4.74 Å². The van der Waals surface area contributed by atoms with Crippen LogP contribution in [0.1, 0.15) is 6.92 Å². The molecule has 1 aliphatic heterocycles. The molecule has 0 spiro atoms. The molecule has 0 amide bonds. The summed E-state index contributed by atoms with van der Waals surface area (Å²) in [4.78, 5) is 2.02. The Balaban J connectivity index is 1.84. The fraction of sp³-hybridized carbons (Fsp3) is 0.400. The number of benzene rings is 2. The molecule has 2 aromatic rings. The Kier molecular flexibility index (Phi) is 6.15. The Morgan fingerprint density at radius 2 is 1.50 bits per heavy atom. The third-order valence-corrected chi connectivity index (χ3v) is 8.20. The highest BCUT2D eigenvalue weighted by atomic mass is 32.2. The average molecular weight is 454 g/mol. The van der Waals surface area contributed by atoms with E-state index in [2.05, 4.69) is 11.6 Å². The first-order valence-corrected chi connectivity index (χ1v) is 12.3. The van der Waals surface area contributed by atoms with Gasteiger partial charge in [-0.1, -0.05) is 19.1 Å². The van der Waals surface area contributed by atoms with Crippen LogP contribution in [0.3, 0.4) is 0 Å². The van der Waals surface area contributed by atoms with E-state index in [0.717, 1.165) is 16.5 Å². The van der Waals surface area contributed by atoms with Crippen LogP contribution in [0, 0.1) is 5.41 Å². The van der Waals surface area contributed by atoms with Crippen molar-refractivity contribution in [3.05, 3.63) is 48.5 Å². The lowest BCUT2D eigenvalue weighted by Crippen LogP contribution is -2.48. The molecule has 1 fully saturated rings. The first-order valence-electron chi connectivity index (χ1n) is 9.38. The number of anilines is 2. The maximum absolute atomic E-state index is 12.9. The predicted octanol–water partition coefficient (Wildman–Crippen LogP) is 2.21. The van der Waals surface area contributed by atoms with Crippen LogP contribution in [0.2, 0.25) is 0 Å². The minimum absolute atomic E-state index is 0.0167. The fourth-order valence-corrected chi connectivity index (χ4v) is 5.27. The van der Waals surface area contributed by atoms with Crippen LogP contribution in [0.5, 0.6) is 0 Å². The SMILES string of the molecule is CN(CC1(C)COC1)c1ccccc1NS(=O)(=O)c1ccc(S(=O)(=O)N(C)C)cc1. The molecule has 0 saturated carbocycles. The van der Waals surface area contributed by atoms with E-state index in [1.807, 2.05) is 24.1 Å². The number of ether oxygens (including phenoxy) is 1. The smallest absolute Gasteiger partial charge is 0.261 e. The van der Waals surface area contributed by atoms with Crippen molar-refractivity contribution in [2.45, 2.75) is 16.7 Å². The molecular formula is C20H27N3O5S2. The largest absolute Gasteiger partial charge is 0.380 e. The van der Waals surface area contributed by atoms with Gasteiger partial charge in [0.25, 0.3) is 10.0 Å². The summed E-state index contributed by atoms with van der Waals surface area (Å²) in [6, 6.07) is 12.3. The maximum atomic E-state index is 12.9. The Bertz CT molecular complexity index is 1110. The van der Waals surface area contributed by atoms with E-state index in [1.54, 1.807) is 12.1 Å². The first kappa shape index (κ1) is 22.5. The topological polar surface area (TPSA) is 96.0 Å². The molecule has 8 nitrogen and oxygen atoms in total. The van der Waals surface area contributed by atoms with Crippen LogP contribution in [-0.2, 0) is 24.8 Å². The molecule has 1 N–H and O–H groups in total. The van der Waals surface area contributed by atoms with Gasteiger partial charge >= 0.3 is 0 Å². The van der Waals surface area contributed by atoms with E-state index in [9.17, 15) is 16.8 Å². The molecule has 30 heavy (non-hydrogen) atoms. The van der Waals surface area contributed by atoms with E-state index < -0.39 is 20.0 Å². The lowest BCUT2D eigenvalue weighted by Gasteiger charge is -2.41. The molecule has 1 saturated heterocycles. The molecule has 164 valence electrons. The summed E-state index contributed by atoms with van der Waals surface area (Å²) in [5, 5.41) is 0. The lowest BCUT2D eigenvalue weighted by molar-refractivity contribution is -0.0951. The lowest BCUT2D eigenvalue weighted by atomic mass is 9.88. The van der Waals surface area contributed by atoms with E-state index in [-0.39, 0.29) is 15.2 Å². The van der Waals surface area contributed by atoms with Gasteiger partial charge in [0.15, 0.2) is 0 Å². The molecule has 3 rings (SSSR count). The van der Waals surface area contributed by atoms with Crippen molar-refractivity contribution in [1.82, 2.24) is 4.31 Å². The number of hydrogen-bond donors (Lipinski definition) is 1. The third-order valence-electron chi connectivity index (χ3n) is 4.99. The normalized spacial score (nSPS) is 16.2. The highest BCUT2D eigenvalue weighted by Crippen LogP contribution is 2.33. The summed E-state index contributed by atoms with van der Waals surface area (Å²) in [6.45, 7) is 4.20. The van der Waals surface area contributed by atoms with E-state index in [1.165, 1.54) is 38.4 Å². The summed E-state index contributed by atoms with van der Waals surface area (Å²) in [6.07, 6.45) is 0. The van der Waals surface area contributed by atoms with Crippen molar-refractivity contribution < 1.29 is 21.6 Å². The number of para-hydroxylation sites is 2. The van der Waals surface area contributed by atoms with Gasteiger partial charge in [0.05, 0.1) is 34.4 Å². The number of nitrogens with one attached hydrogen (secondary N) is 1.